The largest absolute Gasteiger partial charge is 0.482 e. The van der Waals surface area contributed by atoms with Crippen LogP contribution >= 0.6 is 0 Å². The van der Waals surface area contributed by atoms with Crippen molar-refractivity contribution in [2.45, 2.75) is 12.5 Å². The molecule has 6 nitrogen and oxygen atoms in total. The summed E-state index contributed by atoms with van der Waals surface area (Å²) in [7, 11) is 0. The van der Waals surface area contributed by atoms with Gasteiger partial charge < -0.3 is 20.7 Å². The van der Waals surface area contributed by atoms with Gasteiger partial charge in [0.2, 0.25) is 0 Å². The molecule has 2 amide bonds. The SMILES string of the molecule is O=C1COc2cc(C(=O)NC3CNc4ccccc4C3)ccc2N1. The number of nitrogens with one attached hydrogen (secondary N) is 3. The second-order valence-corrected chi connectivity index (χ2v) is 5.96. The quantitative estimate of drug-likeness (QED) is 0.787. The number of hydrogen-bond acceptors (Lipinski definition) is 4. The first-order valence-corrected chi connectivity index (χ1v) is 7.88. The smallest absolute Gasteiger partial charge is 0.262 e. The fraction of sp³-hybridized carbons (Fsp3) is 0.222. The molecule has 0 saturated heterocycles. The normalized spacial score (nSPS) is 18.3. The minimum absolute atomic E-state index is 0.0264. The van der Waals surface area contributed by atoms with E-state index in [9.17, 15) is 9.59 Å². The maximum absolute atomic E-state index is 12.5. The molecule has 0 bridgehead atoms. The van der Waals surface area contributed by atoms with E-state index in [-0.39, 0.29) is 24.5 Å². The molecule has 0 saturated carbocycles. The molecule has 6 heteroatoms. The second-order valence-electron chi connectivity index (χ2n) is 5.96. The molecule has 0 fully saturated rings. The van der Waals surface area contributed by atoms with Crippen LogP contribution < -0.4 is 20.7 Å². The molecule has 2 aromatic carbocycles. The third-order valence-electron chi connectivity index (χ3n) is 4.23. The van der Waals surface area contributed by atoms with Crippen molar-refractivity contribution in [1.29, 1.82) is 0 Å². The van der Waals surface area contributed by atoms with Crippen molar-refractivity contribution in [1.82, 2.24) is 5.32 Å². The molecule has 2 aromatic rings. The predicted molar refractivity (Wildman–Crippen MR) is 90.5 cm³/mol. The van der Waals surface area contributed by atoms with Crippen molar-refractivity contribution in [3.63, 3.8) is 0 Å². The van der Waals surface area contributed by atoms with E-state index < -0.39 is 0 Å². The number of anilines is 2. The zero-order valence-corrected chi connectivity index (χ0v) is 13.0. The van der Waals surface area contributed by atoms with Crippen LogP contribution in [0.25, 0.3) is 0 Å². The van der Waals surface area contributed by atoms with Crippen LogP contribution in [-0.2, 0) is 11.2 Å². The van der Waals surface area contributed by atoms with E-state index >= 15 is 0 Å². The van der Waals surface area contributed by atoms with Crippen molar-refractivity contribution < 1.29 is 14.3 Å². The van der Waals surface area contributed by atoms with Crippen LogP contribution in [0.15, 0.2) is 42.5 Å². The van der Waals surface area contributed by atoms with Crippen molar-refractivity contribution >= 4 is 23.2 Å². The Labute approximate surface area is 139 Å². The Hall–Kier alpha value is -3.02. The van der Waals surface area contributed by atoms with Gasteiger partial charge in [-0.05, 0) is 36.2 Å². The van der Waals surface area contributed by atoms with Crippen LogP contribution in [0.5, 0.6) is 5.75 Å². The zero-order chi connectivity index (χ0) is 16.5. The molecule has 122 valence electrons. The van der Waals surface area contributed by atoms with Crippen molar-refractivity contribution in [2.24, 2.45) is 0 Å². The molecule has 2 aliphatic heterocycles. The van der Waals surface area contributed by atoms with Gasteiger partial charge >= 0.3 is 0 Å². The van der Waals surface area contributed by atoms with E-state index in [4.69, 9.17) is 4.74 Å². The topological polar surface area (TPSA) is 79.5 Å². The zero-order valence-electron chi connectivity index (χ0n) is 13.0. The van der Waals surface area contributed by atoms with Gasteiger partial charge in [0.05, 0.1) is 11.7 Å². The highest BCUT2D eigenvalue weighted by molar-refractivity contribution is 5.99. The number of ether oxygens (including phenoxy) is 1. The lowest BCUT2D eigenvalue weighted by Crippen LogP contribution is -2.43. The molecular formula is C18H17N3O3. The van der Waals surface area contributed by atoms with Crippen LogP contribution in [0.1, 0.15) is 15.9 Å². The molecule has 2 aliphatic rings. The number of fused-ring (bicyclic) bond motifs is 2. The van der Waals surface area contributed by atoms with Gasteiger partial charge in [-0.3, -0.25) is 9.59 Å². The average Bonchev–Trinajstić information content (AvgIpc) is 2.61. The maximum Gasteiger partial charge on any atom is 0.262 e. The lowest BCUT2D eigenvalue weighted by molar-refractivity contribution is -0.118. The van der Waals surface area contributed by atoms with E-state index in [0.717, 1.165) is 12.1 Å². The molecule has 0 spiro atoms. The Morgan fingerprint density at radius 1 is 1.17 bits per heavy atom. The summed E-state index contributed by atoms with van der Waals surface area (Å²) in [6, 6.07) is 13.2. The van der Waals surface area contributed by atoms with Gasteiger partial charge in [0.25, 0.3) is 11.8 Å². The Balaban J connectivity index is 1.46. The van der Waals surface area contributed by atoms with Gasteiger partial charge in [-0.1, -0.05) is 18.2 Å². The van der Waals surface area contributed by atoms with E-state index in [1.165, 1.54) is 5.56 Å². The number of rotatable bonds is 2. The minimum atomic E-state index is -0.188. The first-order chi connectivity index (χ1) is 11.7. The highest BCUT2D eigenvalue weighted by Gasteiger charge is 2.22. The Morgan fingerprint density at radius 2 is 2.04 bits per heavy atom. The number of carbonyl (C=O) groups excluding carboxylic acids is 2. The Kier molecular flexibility index (Phi) is 3.57. The van der Waals surface area contributed by atoms with Gasteiger partial charge in [-0.15, -0.1) is 0 Å². The monoisotopic (exact) mass is 323 g/mol. The standard InChI is InChI=1S/C18H17N3O3/c22-17-10-24-16-8-12(5-6-15(16)21-17)18(23)20-13-7-11-3-1-2-4-14(11)19-9-13/h1-6,8,13,19H,7,9-10H2,(H,20,23)(H,21,22). The van der Waals surface area contributed by atoms with Crippen molar-refractivity contribution in [3.8, 4) is 5.75 Å². The summed E-state index contributed by atoms with van der Waals surface area (Å²) < 4.78 is 5.36. The summed E-state index contributed by atoms with van der Waals surface area (Å²) in [6.07, 6.45) is 0.798. The summed E-state index contributed by atoms with van der Waals surface area (Å²) in [5.41, 5.74) is 3.44. The lowest BCUT2D eigenvalue weighted by Gasteiger charge is -2.27. The fourth-order valence-electron chi connectivity index (χ4n) is 3.03. The Bertz CT molecular complexity index is 819. The van der Waals surface area contributed by atoms with Crippen LogP contribution in [0.3, 0.4) is 0 Å². The average molecular weight is 323 g/mol. The fourth-order valence-corrected chi connectivity index (χ4v) is 3.03. The van der Waals surface area contributed by atoms with Crippen LogP contribution in [0.4, 0.5) is 11.4 Å². The van der Waals surface area contributed by atoms with E-state index in [1.54, 1.807) is 18.2 Å². The molecular weight excluding hydrogens is 306 g/mol. The summed E-state index contributed by atoms with van der Waals surface area (Å²) in [5, 5.41) is 9.10. The molecule has 1 atom stereocenters. The first kappa shape index (κ1) is 14.6. The highest BCUT2D eigenvalue weighted by Crippen LogP contribution is 2.28. The number of hydrogen-bond donors (Lipinski definition) is 3. The first-order valence-electron chi connectivity index (χ1n) is 7.88. The molecule has 1 unspecified atom stereocenters. The summed E-state index contributed by atoms with van der Waals surface area (Å²) in [5.74, 6) is 0.186. The lowest BCUT2D eigenvalue weighted by atomic mass is 9.99. The summed E-state index contributed by atoms with van der Waals surface area (Å²) >= 11 is 0. The number of amides is 2. The van der Waals surface area contributed by atoms with Crippen LogP contribution in [0.2, 0.25) is 0 Å². The van der Waals surface area contributed by atoms with Gasteiger partial charge in [-0.2, -0.15) is 0 Å². The number of carbonyl (C=O) groups is 2. The number of benzene rings is 2. The third-order valence-corrected chi connectivity index (χ3v) is 4.23. The second kappa shape index (κ2) is 5.88. The molecule has 4 rings (SSSR count). The molecule has 0 aromatic heterocycles. The van der Waals surface area contributed by atoms with Gasteiger partial charge in [0, 0.05) is 17.8 Å². The van der Waals surface area contributed by atoms with E-state index in [2.05, 4.69) is 22.0 Å². The molecule has 3 N–H and O–H groups in total. The summed E-state index contributed by atoms with van der Waals surface area (Å²) in [6.45, 7) is 0.668. The van der Waals surface area contributed by atoms with Crippen LogP contribution in [-0.4, -0.2) is 31.0 Å². The van der Waals surface area contributed by atoms with Gasteiger partial charge in [0.15, 0.2) is 6.61 Å². The van der Waals surface area contributed by atoms with Crippen LogP contribution in [0, 0.1) is 0 Å². The molecule has 24 heavy (non-hydrogen) atoms. The number of para-hydroxylation sites is 1. The Morgan fingerprint density at radius 3 is 2.96 bits per heavy atom. The van der Waals surface area contributed by atoms with Gasteiger partial charge in [0.1, 0.15) is 5.75 Å². The molecule has 2 heterocycles. The summed E-state index contributed by atoms with van der Waals surface area (Å²) in [4.78, 5) is 23.8. The van der Waals surface area contributed by atoms with Gasteiger partial charge in [-0.25, -0.2) is 0 Å². The maximum atomic E-state index is 12.5. The predicted octanol–water partition coefficient (Wildman–Crippen LogP) is 1.78. The highest BCUT2D eigenvalue weighted by atomic mass is 16.5. The minimum Gasteiger partial charge on any atom is -0.482 e. The molecule has 0 aliphatic carbocycles. The molecule has 0 radical (unpaired) electrons. The van der Waals surface area contributed by atoms with E-state index in [1.807, 2.05) is 18.2 Å². The third kappa shape index (κ3) is 2.78. The van der Waals surface area contributed by atoms with E-state index in [0.29, 0.717) is 23.5 Å². The van der Waals surface area contributed by atoms with Crippen molar-refractivity contribution in [2.75, 3.05) is 23.8 Å². The van der Waals surface area contributed by atoms with Crippen molar-refractivity contribution in [3.05, 3.63) is 53.6 Å².